The molecule has 3 nitrogen and oxygen atoms in total. The Balaban J connectivity index is 1.94. The molecule has 0 saturated heterocycles. The van der Waals surface area contributed by atoms with Crippen LogP contribution in [0.4, 0.5) is 0 Å². The zero-order chi connectivity index (χ0) is 15.1. The number of hydrogen-bond donors (Lipinski definition) is 1. The Morgan fingerprint density at radius 3 is 2.76 bits per heavy atom. The highest BCUT2D eigenvalue weighted by atomic mass is 35.5. The van der Waals surface area contributed by atoms with E-state index in [0.717, 1.165) is 12.1 Å². The summed E-state index contributed by atoms with van der Waals surface area (Å²) in [7, 11) is 0. The lowest BCUT2D eigenvalue weighted by molar-refractivity contribution is 0.363. The molecule has 1 N–H and O–H groups in total. The van der Waals surface area contributed by atoms with E-state index in [-0.39, 0.29) is 6.04 Å². The van der Waals surface area contributed by atoms with Gasteiger partial charge in [0.15, 0.2) is 0 Å². The van der Waals surface area contributed by atoms with Crippen LogP contribution in [0.1, 0.15) is 24.1 Å². The van der Waals surface area contributed by atoms with Gasteiger partial charge in [0.25, 0.3) is 0 Å². The molecule has 0 aliphatic carbocycles. The van der Waals surface area contributed by atoms with Crippen molar-refractivity contribution in [3.05, 3.63) is 71.5 Å². The van der Waals surface area contributed by atoms with Crippen LogP contribution in [-0.4, -0.2) is 11.6 Å². The summed E-state index contributed by atoms with van der Waals surface area (Å²) in [4.78, 5) is 4.03. The van der Waals surface area contributed by atoms with Crippen molar-refractivity contribution in [2.75, 3.05) is 6.61 Å². The molecule has 4 heteroatoms. The van der Waals surface area contributed by atoms with Crippen LogP contribution >= 0.6 is 11.6 Å². The first-order valence-corrected chi connectivity index (χ1v) is 7.24. The molecule has 0 spiro atoms. The fourth-order valence-electron chi connectivity index (χ4n) is 1.96. The van der Waals surface area contributed by atoms with Gasteiger partial charge in [-0.05, 0) is 42.3 Å². The van der Waals surface area contributed by atoms with Crippen LogP contribution in [0.25, 0.3) is 0 Å². The maximum Gasteiger partial charge on any atom is 0.138 e. The van der Waals surface area contributed by atoms with Gasteiger partial charge in [0.05, 0.1) is 5.02 Å². The van der Waals surface area contributed by atoms with Crippen LogP contribution < -0.4 is 10.1 Å². The average Bonchev–Trinajstić information content (AvgIpc) is 2.52. The third-order valence-corrected chi connectivity index (χ3v) is 3.47. The van der Waals surface area contributed by atoms with E-state index in [4.69, 9.17) is 16.3 Å². The molecule has 2 aromatic rings. The summed E-state index contributed by atoms with van der Waals surface area (Å²) < 4.78 is 5.46. The lowest BCUT2D eigenvalue weighted by Crippen LogP contribution is -2.18. The van der Waals surface area contributed by atoms with Gasteiger partial charge in [-0.2, -0.15) is 0 Å². The van der Waals surface area contributed by atoms with Crippen molar-refractivity contribution < 1.29 is 4.74 Å². The minimum absolute atomic E-state index is 0.253. The molecular weight excluding hydrogens is 284 g/mol. The SMILES string of the molecule is C=CCOc1ccc(CNC(C)c2ccncc2)cc1Cl. The Bertz CT molecular complexity index is 587. The minimum Gasteiger partial charge on any atom is -0.488 e. The summed E-state index contributed by atoms with van der Waals surface area (Å²) in [6, 6.07) is 10.1. The number of pyridine rings is 1. The molecule has 1 aromatic heterocycles. The smallest absolute Gasteiger partial charge is 0.138 e. The molecule has 0 aliphatic heterocycles. The number of halogens is 1. The summed E-state index contributed by atoms with van der Waals surface area (Å²) in [6.07, 6.45) is 5.30. The summed E-state index contributed by atoms with van der Waals surface area (Å²) in [6.45, 7) is 6.94. The van der Waals surface area contributed by atoms with E-state index in [2.05, 4.69) is 23.8 Å². The normalized spacial score (nSPS) is 11.9. The first kappa shape index (κ1) is 15.5. The predicted molar refractivity (Wildman–Crippen MR) is 86.6 cm³/mol. The third kappa shape index (κ3) is 4.59. The number of nitrogens with zero attached hydrogens (tertiary/aromatic N) is 1. The topological polar surface area (TPSA) is 34.1 Å². The molecule has 0 radical (unpaired) electrons. The van der Waals surface area contributed by atoms with Crippen LogP contribution in [-0.2, 0) is 6.54 Å². The van der Waals surface area contributed by atoms with Crippen LogP contribution in [0.3, 0.4) is 0 Å². The Kier molecular flexibility index (Phi) is 5.78. The fraction of sp³-hybridized carbons (Fsp3) is 0.235. The largest absolute Gasteiger partial charge is 0.488 e. The molecule has 0 amide bonds. The van der Waals surface area contributed by atoms with Crippen LogP contribution in [0.5, 0.6) is 5.75 Å². The quantitative estimate of drug-likeness (QED) is 0.780. The summed E-state index contributed by atoms with van der Waals surface area (Å²) in [5.41, 5.74) is 2.33. The van der Waals surface area contributed by atoms with Crippen LogP contribution in [0.15, 0.2) is 55.4 Å². The van der Waals surface area contributed by atoms with Gasteiger partial charge in [0.1, 0.15) is 12.4 Å². The second kappa shape index (κ2) is 7.81. The zero-order valence-corrected chi connectivity index (χ0v) is 12.8. The molecule has 1 unspecified atom stereocenters. The number of nitrogens with one attached hydrogen (secondary N) is 1. The van der Waals surface area contributed by atoms with Gasteiger partial charge in [-0.1, -0.05) is 30.3 Å². The van der Waals surface area contributed by atoms with E-state index < -0.39 is 0 Å². The van der Waals surface area contributed by atoms with Gasteiger partial charge in [0, 0.05) is 25.0 Å². The van der Waals surface area contributed by atoms with Crippen molar-refractivity contribution in [3.63, 3.8) is 0 Å². The van der Waals surface area contributed by atoms with E-state index in [0.29, 0.717) is 17.4 Å². The van der Waals surface area contributed by atoms with Crippen molar-refractivity contribution in [3.8, 4) is 5.75 Å². The van der Waals surface area contributed by atoms with E-state index in [1.807, 2.05) is 30.3 Å². The molecule has 0 aliphatic rings. The van der Waals surface area contributed by atoms with Crippen LogP contribution in [0.2, 0.25) is 5.02 Å². The van der Waals surface area contributed by atoms with Gasteiger partial charge in [-0.3, -0.25) is 4.98 Å². The predicted octanol–water partition coefficient (Wildman–Crippen LogP) is 4.15. The van der Waals surface area contributed by atoms with Crippen molar-refractivity contribution >= 4 is 11.6 Å². The molecule has 21 heavy (non-hydrogen) atoms. The standard InChI is InChI=1S/C17H19ClN2O/c1-3-10-21-17-5-4-14(11-16(17)18)12-20-13(2)15-6-8-19-9-7-15/h3-9,11,13,20H,1,10,12H2,2H3. The molecule has 0 fully saturated rings. The molecule has 110 valence electrons. The number of benzene rings is 1. The van der Waals surface area contributed by atoms with E-state index in [1.165, 1.54) is 5.56 Å². The van der Waals surface area contributed by atoms with Crippen molar-refractivity contribution in [1.82, 2.24) is 10.3 Å². The molecule has 0 saturated carbocycles. The highest BCUT2D eigenvalue weighted by Crippen LogP contribution is 2.25. The summed E-state index contributed by atoms with van der Waals surface area (Å²) >= 11 is 6.20. The van der Waals surface area contributed by atoms with E-state index >= 15 is 0 Å². The monoisotopic (exact) mass is 302 g/mol. The zero-order valence-electron chi connectivity index (χ0n) is 12.1. The molecule has 0 bridgehead atoms. The van der Waals surface area contributed by atoms with Gasteiger partial charge >= 0.3 is 0 Å². The first-order chi connectivity index (χ1) is 10.2. The Labute approximate surface area is 130 Å². The number of rotatable bonds is 7. The Morgan fingerprint density at radius 1 is 1.33 bits per heavy atom. The van der Waals surface area contributed by atoms with Crippen LogP contribution in [0, 0.1) is 0 Å². The van der Waals surface area contributed by atoms with E-state index in [1.54, 1.807) is 18.5 Å². The second-order valence-electron chi connectivity index (χ2n) is 4.75. The number of ether oxygens (including phenoxy) is 1. The second-order valence-corrected chi connectivity index (χ2v) is 5.15. The highest BCUT2D eigenvalue weighted by molar-refractivity contribution is 6.32. The highest BCUT2D eigenvalue weighted by Gasteiger charge is 2.06. The molecule has 1 atom stereocenters. The molecule has 2 rings (SSSR count). The lowest BCUT2D eigenvalue weighted by Gasteiger charge is -2.14. The molecule has 1 aromatic carbocycles. The Hall–Kier alpha value is -1.84. The molecule has 1 heterocycles. The van der Waals surface area contributed by atoms with Crippen molar-refractivity contribution in [2.45, 2.75) is 19.5 Å². The minimum atomic E-state index is 0.253. The number of aromatic nitrogens is 1. The van der Waals surface area contributed by atoms with Gasteiger partial charge in [-0.25, -0.2) is 0 Å². The number of hydrogen-bond acceptors (Lipinski definition) is 3. The lowest BCUT2D eigenvalue weighted by atomic mass is 10.1. The fourth-order valence-corrected chi connectivity index (χ4v) is 2.22. The van der Waals surface area contributed by atoms with Crippen molar-refractivity contribution in [2.24, 2.45) is 0 Å². The molecular formula is C17H19ClN2O. The van der Waals surface area contributed by atoms with Gasteiger partial charge in [0.2, 0.25) is 0 Å². The van der Waals surface area contributed by atoms with Gasteiger partial charge in [-0.15, -0.1) is 0 Å². The van der Waals surface area contributed by atoms with Crippen molar-refractivity contribution in [1.29, 1.82) is 0 Å². The maximum absolute atomic E-state index is 6.20. The Morgan fingerprint density at radius 2 is 2.10 bits per heavy atom. The third-order valence-electron chi connectivity index (χ3n) is 3.17. The maximum atomic E-state index is 6.20. The van der Waals surface area contributed by atoms with Gasteiger partial charge < -0.3 is 10.1 Å². The average molecular weight is 303 g/mol. The summed E-state index contributed by atoms with van der Waals surface area (Å²) in [5, 5.41) is 4.08. The summed E-state index contributed by atoms with van der Waals surface area (Å²) in [5.74, 6) is 0.683. The first-order valence-electron chi connectivity index (χ1n) is 6.86. The van der Waals surface area contributed by atoms with E-state index in [9.17, 15) is 0 Å².